The minimum Gasteiger partial charge on any atom is -0.367 e. The van der Waals surface area contributed by atoms with Gasteiger partial charge in [0.1, 0.15) is 17.5 Å². The Labute approximate surface area is 183 Å². The van der Waals surface area contributed by atoms with Crippen molar-refractivity contribution < 1.29 is 8.78 Å². The molecule has 6 rings (SSSR count). The molecule has 5 nitrogen and oxygen atoms in total. The molecule has 160 valence electrons. The molecule has 1 atom stereocenters. The molecule has 7 heteroatoms. The van der Waals surface area contributed by atoms with Crippen LogP contribution in [0.3, 0.4) is 0 Å². The monoisotopic (exact) mass is 429 g/mol. The molecule has 0 fully saturated rings. The van der Waals surface area contributed by atoms with Crippen LogP contribution in [0.2, 0.25) is 0 Å². The summed E-state index contributed by atoms with van der Waals surface area (Å²) in [5.41, 5.74) is 7.40. The van der Waals surface area contributed by atoms with Crippen LogP contribution in [0, 0.1) is 18.6 Å². The Kier molecular flexibility index (Phi) is 4.31. The highest BCUT2D eigenvalue weighted by Crippen LogP contribution is 2.43. The van der Waals surface area contributed by atoms with E-state index in [-0.39, 0.29) is 11.9 Å². The van der Waals surface area contributed by atoms with Gasteiger partial charge in [-0.15, -0.1) is 0 Å². The van der Waals surface area contributed by atoms with E-state index < -0.39 is 5.82 Å². The molecule has 2 aliphatic rings. The number of benzene rings is 1. The number of hydrogen-bond donors (Lipinski definition) is 1. The minimum absolute atomic E-state index is 0.113. The van der Waals surface area contributed by atoms with Crippen LogP contribution in [0.1, 0.15) is 36.0 Å². The number of halogens is 2. The molecule has 0 saturated heterocycles. The molecule has 0 spiro atoms. The summed E-state index contributed by atoms with van der Waals surface area (Å²) in [7, 11) is 0. The molecule has 3 aromatic heterocycles. The van der Waals surface area contributed by atoms with Crippen molar-refractivity contribution in [1.82, 2.24) is 19.6 Å². The molecule has 2 aliphatic carbocycles. The third kappa shape index (κ3) is 3.07. The second-order valence-electron chi connectivity index (χ2n) is 8.59. The fourth-order valence-corrected chi connectivity index (χ4v) is 4.93. The molecule has 0 amide bonds. The molecule has 4 aromatic rings. The maximum Gasteiger partial charge on any atom is 0.160 e. The predicted octanol–water partition coefficient (Wildman–Crippen LogP) is 5.35. The Morgan fingerprint density at radius 1 is 1.12 bits per heavy atom. The first-order valence-electron chi connectivity index (χ1n) is 10.8. The summed E-state index contributed by atoms with van der Waals surface area (Å²) in [6.07, 6.45) is 8.01. The third-order valence-corrected chi connectivity index (χ3v) is 6.51. The van der Waals surface area contributed by atoms with Crippen LogP contribution in [0.25, 0.3) is 22.5 Å². The topological polar surface area (TPSA) is 55.1 Å². The minimum atomic E-state index is -0.400. The summed E-state index contributed by atoms with van der Waals surface area (Å²) < 4.78 is 29.9. The van der Waals surface area contributed by atoms with E-state index in [4.69, 9.17) is 4.98 Å². The lowest BCUT2D eigenvalue weighted by atomic mass is 9.88. The van der Waals surface area contributed by atoms with Gasteiger partial charge < -0.3 is 5.32 Å². The highest BCUT2D eigenvalue weighted by atomic mass is 19.1. The highest BCUT2D eigenvalue weighted by Gasteiger charge is 2.30. The summed E-state index contributed by atoms with van der Waals surface area (Å²) in [6, 6.07) is 8.87. The lowest BCUT2D eigenvalue weighted by Crippen LogP contribution is -2.24. The van der Waals surface area contributed by atoms with Gasteiger partial charge in [0.05, 0.1) is 18.1 Å². The van der Waals surface area contributed by atoms with Crippen LogP contribution in [0.5, 0.6) is 0 Å². The summed E-state index contributed by atoms with van der Waals surface area (Å²) in [5.74, 6) is 0.286. The summed E-state index contributed by atoms with van der Waals surface area (Å²) in [4.78, 5) is 8.66. The fraction of sp³-hybridized carbons (Fsp3) is 0.240. The Morgan fingerprint density at radius 2 is 2.03 bits per heavy atom. The SMILES string of the molecule is Cc1cnn2c(NC3CCC4=C(C3)c3cccc(F)c3C4)cc(-c3cncc(F)c3)nc12. The van der Waals surface area contributed by atoms with Gasteiger partial charge in [0.25, 0.3) is 0 Å². The standard InChI is InChI=1S/C25H21F2N5/c1-14-11-29-32-24(10-23(31-25(14)32)16-7-17(26)13-28-12-16)30-18-6-5-15-8-21-19(20(15)9-18)3-2-4-22(21)27/h2-4,7,10-13,18,30H,5-6,8-9H2,1H3. The van der Waals surface area contributed by atoms with Crippen LogP contribution in [-0.2, 0) is 6.42 Å². The highest BCUT2D eigenvalue weighted by molar-refractivity contribution is 5.78. The van der Waals surface area contributed by atoms with E-state index in [2.05, 4.69) is 15.4 Å². The average Bonchev–Trinajstić information content (AvgIpc) is 3.35. The van der Waals surface area contributed by atoms with Gasteiger partial charge >= 0.3 is 0 Å². The van der Waals surface area contributed by atoms with Crippen molar-refractivity contribution in [2.24, 2.45) is 0 Å². The van der Waals surface area contributed by atoms with E-state index in [1.54, 1.807) is 29.0 Å². The first-order chi connectivity index (χ1) is 15.6. The van der Waals surface area contributed by atoms with Crippen molar-refractivity contribution in [3.05, 3.63) is 82.8 Å². The maximum absolute atomic E-state index is 14.3. The lowest BCUT2D eigenvalue weighted by molar-refractivity contribution is 0.609. The van der Waals surface area contributed by atoms with Gasteiger partial charge in [0.15, 0.2) is 5.65 Å². The number of aromatic nitrogens is 4. The van der Waals surface area contributed by atoms with E-state index in [1.807, 2.05) is 19.1 Å². The van der Waals surface area contributed by atoms with Crippen molar-refractivity contribution in [3.63, 3.8) is 0 Å². The smallest absolute Gasteiger partial charge is 0.160 e. The zero-order valence-electron chi connectivity index (χ0n) is 17.6. The van der Waals surface area contributed by atoms with Crippen molar-refractivity contribution in [3.8, 4) is 11.3 Å². The molecule has 0 bridgehead atoms. The first kappa shape index (κ1) is 19.1. The van der Waals surface area contributed by atoms with Crippen LogP contribution in [-0.4, -0.2) is 25.6 Å². The summed E-state index contributed by atoms with van der Waals surface area (Å²) in [5, 5.41) is 8.13. The van der Waals surface area contributed by atoms with Gasteiger partial charge in [-0.3, -0.25) is 4.98 Å². The Bertz CT molecular complexity index is 1400. The van der Waals surface area contributed by atoms with Crippen LogP contribution < -0.4 is 5.32 Å². The van der Waals surface area contributed by atoms with E-state index in [9.17, 15) is 8.78 Å². The Morgan fingerprint density at radius 3 is 2.91 bits per heavy atom. The maximum atomic E-state index is 14.3. The first-order valence-corrected chi connectivity index (χ1v) is 10.8. The second-order valence-corrected chi connectivity index (χ2v) is 8.59. The molecule has 1 aromatic carbocycles. The molecule has 3 heterocycles. The largest absolute Gasteiger partial charge is 0.367 e. The zero-order chi connectivity index (χ0) is 21.8. The Hall–Kier alpha value is -3.61. The van der Waals surface area contributed by atoms with E-state index in [1.165, 1.54) is 23.4 Å². The van der Waals surface area contributed by atoms with Gasteiger partial charge in [-0.05, 0) is 61.4 Å². The van der Waals surface area contributed by atoms with Crippen LogP contribution in [0.15, 0.2) is 54.5 Å². The fourth-order valence-electron chi connectivity index (χ4n) is 4.93. The van der Waals surface area contributed by atoms with Crippen LogP contribution in [0.4, 0.5) is 14.6 Å². The molecular formula is C25H21F2N5. The van der Waals surface area contributed by atoms with Gasteiger partial charge in [-0.2, -0.15) is 9.61 Å². The van der Waals surface area contributed by atoms with Crippen molar-refractivity contribution in [1.29, 1.82) is 0 Å². The van der Waals surface area contributed by atoms with Crippen molar-refractivity contribution in [2.45, 2.75) is 38.6 Å². The molecule has 0 radical (unpaired) electrons. The van der Waals surface area contributed by atoms with Crippen molar-refractivity contribution >= 4 is 17.0 Å². The quantitative estimate of drug-likeness (QED) is 0.477. The predicted molar refractivity (Wildman–Crippen MR) is 119 cm³/mol. The Balaban J connectivity index is 1.36. The molecule has 1 unspecified atom stereocenters. The molecule has 0 aliphatic heterocycles. The van der Waals surface area contributed by atoms with Crippen LogP contribution >= 0.6 is 0 Å². The number of fused-ring (bicyclic) bond motifs is 3. The van der Waals surface area contributed by atoms with Gasteiger partial charge in [0, 0.05) is 29.4 Å². The zero-order valence-corrected chi connectivity index (χ0v) is 17.6. The average molecular weight is 429 g/mol. The van der Waals surface area contributed by atoms with E-state index in [0.717, 1.165) is 53.8 Å². The number of rotatable bonds is 3. The van der Waals surface area contributed by atoms with Gasteiger partial charge in [-0.1, -0.05) is 17.7 Å². The van der Waals surface area contributed by atoms with Gasteiger partial charge in [-0.25, -0.2) is 13.8 Å². The number of pyridine rings is 1. The number of allylic oxidation sites excluding steroid dienone is 1. The number of nitrogens with one attached hydrogen (secondary N) is 1. The molecule has 0 saturated carbocycles. The van der Waals surface area contributed by atoms with E-state index >= 15 is 0 Å². The number of aryl methyl sites for hydroxylation is 1. The van der Waals surface area contributed by atoms with E-state index in [0.29, 0.717) is 11.3 Å². The number of nitrogens with zero attached hydrogens (tertiary/aromatic N) is 4. The van der Waals surface area contributed by atoms with Crippen molar-refractivity contribution in [2.75, 3.05) is 5.32 Å². The molecular weight excluding hydrogens is 408 g/mol. The number of anilines is 1. The second kappa shape index (κ2) is 7.22. The third-order valence-electron chi connectivity index (χ3n) is 6.51. The summed E-state index contributed by atoms with van der Waals surface area (Å²) in [6.45, 7) is 1.95. The molecule has 1 N–H and O–H groups in total. The van der Waals surface area contributed by atoms with Gasteiger partial charge in [0.2, 0.25) is 0 Å². The number of hydrogen-bond acceptors (Lipinski definition) is 4. The lowest BCUT2D eigenvalue weighted by Gasteiger charge is -2.26. The summed E-state index contributed by atoms with van der Waals surface area (Å²) >= 11 is 0. The normalized spacial score (nSPS) is 17.5. The molecule has 32 heavy (non-hydrogen) atoms.